The van der Waals surface area contributed by atoms with Crippen molar-refractivity contribution < 1.29 is 9.90 Å². The summed E-state index contributed by atoms with van der Waals surface area (Å²) in [6.45, 7) is 6.01. The predicted molar refractivity (Wildman–Crippen MR) is 80.6 cm³/mol. The van der Waals surface area contributed by atoms with Gasteiger partial charge in [0, 0.05) is 23.9 Å². The second kappa shape index (κ2) is 8.23. The van der Waals surface area contributed by atoms with Crippen LogP contribution in [0.1, 0.15) is 32.3 Å². The maximum absolute atomic E-state index is 10.6. The molecule has 0 aliphatic rings. The number of rotatable bonds is 8. The van der Waals surface area contributed by atoms with Crippen LogP contribution in [-0.4, -0.2) is 34.8 Å². The summed E-state index contributed by atoms with van der Waals surface area (Å²) in [5.41, 5.74) is 1.29. The van der Waals surface area contributed by atoms with Gasteiger partial charge in [0.15, 0.2) is 0 Å². The summed E-state index contributed by atoms with van der Waals surface area (Å²) in [5.74, 6) is -0.715. The van der Waals surface area contributed by atoms with E-state index in [4.69, 9.17) is 5.11 Å². The van der Waals surface area contributed by atoms with Crippen LogP contribution in [0.15, 0.2) is 29.2 Å². The highest BCUT2D eigenvalue weighted by Crippen LogP contribution is 2.18. The number of carboxylic acid groups (broad SMARTS) is 1. The van der Waals surface area contributed by atoms with E-state index in [1.165, 1.54) is 10.5 Å². The molecule has 1 rings (SSSR count). The van der Waals surface area contributed by atoms with Crippen molar-refractivity contribution in [2.24, 2.45) is 0 Å². The number of hydrogen-bond donors (Lipinski definition) is 1. The highest BCUT2D eigenvalue weighted by atomic mass is 32.2. The van der Waals surface area contributed by atoms with E-state index in [1.54, 1.807) is 11.8 Å². The zero-order valence-corrected chi connectivity index (χ0v) is 12.7. The lowest BCUT2D eigenvalue weighted by molar-refractivity contribution is -0.137. The summed E-state index contributed by atoms with van der Waals surface area (Å²) in [5, 5.41) is 8.70. The Balaban J connectivity index is 2.59. The van der Waals surface area contributed by atoms with Crippen LogP contribution in [0, 0.1) is 0 Å². The zero-order chi connectivity index (χ0) is 14.3. The Morgan fingerprint density at radius 2 is 2.16 bits per heavy atom. The van der Waals surface area contributed by atoms with Gasteiger partial charge >= 0.3 is 5.97 Å². The minimum absolute atomic E-state index is 0.244. The van der Waals surface area contributed by atoms with Gasteiger partial charge in [-0.15, -0.1) is 11.8 Å². The van der Waals surface area contributed by atoms with Gasteiger partial charge in [0.1, 0.15) is 0 Å². The van der Waals surface area contributed by atoms with Crippen molar-refractivity contribution in [2.75, 3.05) is 12.8 Å². The van der Waals surface area contributed by atoms with Crippen LogP contribution < -0.4 is 0 Å². The highest BCUT2D eigenvalue weighted by molar-refractivity contribution is 7.98. The first-order chi connectivity index (χ1) is 9.02. The third kappa shape index (κ3) is 6.12. The van der Waals surface area contributed by atoms with Crippen LogP contribution in [0.25, 0.3) is 0 Å². The Bertz CT molecular complexity index is 407. The fourth-order valence-electron chi connectivity index (χ4n) is 1.96. The molecule has 106 valence electrons. The van der Waals surface area contributed by atoms with Gasteiger partial charge in [-0.1, -0.05) is 12.1 Å². The summed E-state index contributed by atoms with van der Waals surface area (Å²) in [6, 6.07) is 8.95. The van der Waals surface area contributed by atoms with Crippen LogP contribution in [0.3, 0.4) is 0 Å². The predicted octanol–water partition coefficient (Wildman–Crippen LogP) is 3.48. The highest BCUT2D eigenvalue weighted by Gasteiger charge is 2.11. The number of hydrogen-bond acceptors (Lipinski definition) is 3. The average Bonchev–Trinajstić information content (AvgIpc) is 2.37. The van der Waals surface area contributed by atoms with E-state index in [0.717, 1.165) is 13.1 Å². The van der Waals surface area contributed by atoms with E-state index in [0.29, 0.717) is 12.5 Å². The molecule has 0 spiro atoms. The van der Waals surface area contributed by atoms with Crippen molar-refractivity contribution in [3.8, 4) is 0 Å². The number of aliphatic carboxylic acids is 1. The van der Waals surface area contributed by atoms with Crippen LogP contribution in [0.4, 0.5) is 0 Å². The third-order valence-electron chi connectivity index (χ3n) is 3.09. The van der Waals surface area contributed by atoms with Gasteiger partial charge in [-0.2, -0.15) is 0 Å². The van der Waals surface area contributed by atoms with Crippen molar-refractivity contribution in [1.29, 1.82) is 0 Å². The van der Waals surface area contributed by atoms with Gasteiger partial charge in [0.25, 0.3) is 0 Å². The normalized spacial score (nSPS) is 11.2. The molecule has 0 saturated heterocycles. The molecule has 19 heavy (non-hydrogen) atoms. The molecule has 1 aromatic carbocycles. The number of nitrogens with zero attached hydrogens (tertiary/aromatic N) is 1. The van der Waals surface area contributed by atoms with E-state index in [-0.39, 0.29) is 6.42 Å². The molecule has 0 radical (unpaired) electrons. The number of carboxylic acids is 1. The van der Waals surface area contributed by atoms with E-state index in [9.17, 15) is 4.79 Å². The fourth-order valence-corrected chi connectivity index (χ4v) is 2.44. The van der Waals surface area contributed by atoms with Crippen LogP contribution >= 0.6 is 11.8 Å². The number of carbonyl (C=O) groups is 1. The van der Waals surface area contributed by atoms with E-state index in [2.05, 4.69) is 49.3 Å². The molecule has 0 atom stereocenters. The number of benzene rings is 1. The largest absolute Gasteiger partial charge is 0.481 e. The fraction of sp³-hybridized carbons (Fsp3) is 0.533. The van der Waals surface area contributed by atoms with Crippen molar-refractivity contribution in [2.45, 2.75) is 44.2 Å². The van der Waals surface area contributed by atoms with E-state index in [1.807, 2.05) is 0 Å². The summed E-state index contributed by atoms with van der Waals surface area (Å²) in [4.78, 5) is 14.2. The molecule has 0 fully saturated rings. The molecule has 3 nitrogen and oxygen atoms in total. The summed E-state index contributed by atoms with van der Waals surface area (Å²) in [6.07, 6.45) is 3.02. The molecule has 4 heteroatoms. The van der Waals surface area contributed by atoms with Gasteiger partial charge in [0.2, 0.25) is 0 Å². The lowest BCUT2D eigenvalue weighted by atomic mass is 10.1. The van der Waals surface area contributed by atoms with Crippen LogP contribution in [0.2, 0.25) is 0 Å². The Morgan fingerprint density at radius 3 is 2.74 bits per heavy atom. The van der Waals surface area contributed by atoms with Crippen molar-refractivity contribution in [1.82, 2.24) is 4.90 Å². The Kier molecular flexibility index (Phi) is 6.95. The second-order valence-electron chi connectivity index (χ2n) is 4.91. The summed E-state index contributed by atoms with van der Waals surface area (Å²) in [7, 11) is 0. The van der Waals surface area contributed by atoms with Crippen molar-refractivity contribution in [3.05, 3.63) is 29.8 Å². The first kappa shape index (κ1) is 16.1. The van der Waals surface area contributed by atoms with Crippen molar-refractivity contribution >= 4 is 17.7 Å². The Morgan fingerprint density at radius 1 is 1.42 bits per heavy atom. The monoisotopic (exact) mass is 281 g/mol. The standard InChI is InChI=1S/C15H23NO2S/c1-12(2)16(9-5-8-15(17)18)11-13-6-4-7-14(10-13)19-3/h4,6-7,10,12H,5,8-9,11H2,1-3H3,(H,17,18). The molecule has 0 aromatic heterocycles. The summed E-state index contributed by atoms with van der Waals surface area (Å²) < 4.78 is 0. The lowest BCUT2D eigenvalue weighted by Crippen LogP contribution is -2.31. The maximum atomic E-state index is 10.6. The summed E-state index contributed by atoms with van der Waals surface area (Å²) >= 11 is 1.74. The van der Waals surface area contributed by atoms with Crippen LogP contribution in [0.5, 0.6) is 0 Å². The minimum Gasteiger partial charge on any atom is -0.481 e. The molecule has 0 aliphatic heterocycles. The first-order valence-electron chi connectivity index (χ1n) is 6.61. The van der Waals surface area contributed by atoms with Crippen molar-refractivity contribution in [3.63, 3.8) is 0 Å². The molecule has 0 amide bonds. The average molecular weight is 281 g/mol. The molecular formula is C15H23NO2S. The molecule has 0 saturated carbocycles. The second-order valence-corrected chi connectivity index (χ2v) is 5.79. The van der Waals surface area contributed by atoms with E-state index < -0.39 is 5.97 Å². The molecule has 0 heterocycles. The molecule has 0 bridgehead atoms. The van der Waals surface area contributed by atoms with E-state index >= 15 is 0 Å². The molecule has 1 aromatic rings. The SMILES string of the molecule is CSc1cccc(CN(CCCC(=O)O)C(C)C)c1. The lowest BCUT2D eigenvalue weighted by Gasteiger charge is -2.26. The molecular weight excluding hydrogens is 258 g/mol. The Labute approximate surface area is 120 Å². The first-order valence-corrected chi connectivity index (χ1v) is 7.84. The minimum atomic E-state index is -0.715. The Hall–Kier alpha value is -1.00. The van der Waals surface area contributed by atoms with Gasteiger partial charge in [-0.3, -0.25) is 9.69 Å². The van der Waals surface area contributed by atoms with Crippen LogP contribution in [-0.2, 0) is 11.3 Å². The molecule has 0 unspecified atom stereocenters. The smallest absolute Gasteiger partial charge is 0.303 e. The van der Waals surface area contributed by atoms with Gasteiger partial charge < -0.3 is 5.11 Å². The quantitative estimate of drug-likeness (QED) is 0.741. The zero-order valence-electron chi connectivity index (χ0n) is 11.9. The molecule has 0 aliphatic carbocycles. The van der Waals surface area contributed by atoms with Gasteiger partial charge in [0.05, 0.1) is 0 Å². The maximum Gasteiger partial charge on any atom is 0.303 e. The molecule has 1 N–H and O–H groups in total. The third-order valence-corrected chi connectivity index (χ3v) is 3.81. The van der Waals surface area contributed by atoms with Gasteiger partial charge in [-0.25, -0.2) is 0 Å². The topological polar surface area (TPSA) is 40.5 Å². The number of thioether (sulfide) groups is 1. The van der Waals surface area contributed by atoms with Gasteiger partial charge in [-0.05, 0) is 50.8 Å².